The second-order valence-corrected chi connectivity index (χ2v) is 6.92. The topological polar surface area (TPSA) is 42.7 Å². The van der Waals surface area contributed by atoms with Crippen molar-refractivity contribution in [3.05, 3.63) is 33.5 Å². The van der Waals surface area contributed by atoms with Crippen LogP contribution in [0.2, 0.25) is 0 Å². The van der Waals surface area contributed by atoms with Crippen molar-refractivity contribution in [3.63, 3.8) is 0 Å². The lowest BCUT2D eigenvalue weighted by Crippen LogP contribution is -2.22. The highest BCUT2D eigenvalue weighted by atomic mass is 32.1. The van der Waals surface area contributed by atoms with Gasteiger partial charge in [0.1, 0.15) is 11.6 Å². The van der Waals surface area contributed by atoms with Crippen LogP contribution in [0.1, 0.15) is 53.6 Å². The Hall–Kier alpha value is -1.20. The minimum Gasteiger partial charge on any atom is -0.314 e. The summed E-state index contributed by atoms with van der Waals surface area (Å²) in [7, 11) is 0. The van der Waals surface area contributed by atoms with Crippen LogP contribution in [0.4, 0.5) is 0 Å². The summed E-state index contributed by atoms with van der Waals surface area (Å²) in [4.78, 5) is 2.75. The molecule has 108 valence electrons. The molecular weight excluding hydrogens is 268 g/mol. The predicted molar refractivity (Wildman–Crippen MR) is 81.9 cm³/mol. The number of nitrogens with one attached hydrogen (secondary N) is 1. The van der Waals surface area contributed by atoms with E-state index in [9.17, 15) is 0 Å². The van der Waals surface area contributed by atoms with E-state index in [1.165, 1.54) is 29.0 Å². The van der Waals surface area contributed by atoms with Gasteiger partial charge in [0.05, 0.1) is 6.04 Å². The molecule has 0 saturated carbocycles. The van der Waals surface area contributed by atoms with Crippen molar-refractivity contribution in [1.29, 1.82) is 0 Å². The molecule has 4 nitrogen and oxygen atoms in total. The van der Waals surface area contributed by atoms with Crippen LogP contribution in [-0.4, -0.2) is 14.8 Å². The Bertz CT molecular complexity index is 572. The summed E-state index contributed by atoms with van der Waals surface area (Å²) in [6.45, 7) is 6.31. The molecule has 20 heavy (non-hydrogen) atoms. The summed E-state index contributed by atoms with van der Waals surface area (Å²) in [6, 6.07) is 4.62. The van der Waals surface area contributed by atoms with E-state index >= 15 is 0 Å². The monoisotopic (exact) mass is 290 g/mol. The molecule has 0 saturated heterocycles. The Morgan fingerprint density at radius 3 is 3.00 bits per heavy atom. The molecule has 3 heterocycles. The van der Waals surface area contributed by atoms with Crippen LogP contribution in [0.15, 0.2) is 12.1 Å². The molecule has 0 fully saturated rings. The minimum absolute atomic E-state index is 0.247. The molecule has 0 aliphatic carbocycles. The fraction of sp³-hybridized carbons (Fsp3) is 0.600. The van der Waals surface area contributed by atoms with Crippen LogP contribution in [0.5, 0.6) is 0 Å². The number of aromatic nitrogens is 3. The normalized spacial score (nSPS) is 16.7. The Morgan fingerprint density at radius 1 is 1.30 bits per heavy atom. The molecular formula is C15H22N4S. The molecule has 1 N–H and O–H groups in total. The summed E-state index contributed by atoms with van der Waals surface area (Å²) in [5.41, 5.74) is 0. The molecule has 1 unspecified atom stereocenters. The zero-order valence-corrected chi connectivity index (χ0v) is 13.0. The third-order valence-electron chi connectivity index (χ3n) is 3.90. The van der Waals surface area contributed by atoms with Crippen molar-refractivity contribution in [3.8, 4) is 0 Å². The molecule has 2 aromatic rings. The molecule has 0 bridgehead atoms. The molecule has 0 amide bonds. The van der Waals surface area contributed by atoms with Gasteiger partial charge in [-0.15, -0.1) is 21.5 Å². The average Bonchev–Trinajstić information content (AvgIpc) is 2.96. The number of nitrogens with zero attached hydrogens (tertiary/aromatic N) is 3. The molecule has 0 aromatic carbocycles. The third-order valence-corrected chi connectivity index (χ3v) is 4.90. The fourth-order valence-corrected chi connectivity index (χ4v) is 3.59. The first kappa shape index (κ1) is 13.8. The van der Waals surface area contributed by atoms with E-state index in [1.807, 2.05) is 11.3 Å². The van der Waals surface area contributed by atoms with Gasteiger partial charge >= 0.3 is 0 Å². The molecule has 0 spiro atoms. The summed E-state index contributed by atoms with van der Waals surface area (Å²) in [5.74, 6) is 2.26. The summed E-state index contributed by atoms with van der Waals surface area (Å²) >= 11 is 1.85. The Labute approximate surface area is 124 Å². The first-order valence-electron chi connectivity index (χ1n) is 7.44. The van der Waals surface area contributed by atoms with Crippen molar-refractivity contribution in [2.75, 3.05) is 0 Å². The van der Waals surface area contributed by atoms with E-state index in [1.54, 1.807) is 0 Å². The highest BCUT2D eigenvalue weighted by Gasteiger charge is 2.18. The summed E-state index contributed by atoms with van der Waals surface area (Å²) in [6.07, 6.45) is 4.87. The van der Waals surface area contributed by atoms with Crippen molar-refractivity contribution < 1.29 is 0 Å². The van der Waals surface area contributed by atoms with Crippen molar-refractivity contribution in [1.82, 2.24) is 20.1 Å². The minimum atomic E-state index is 0.247. The van der Waals surface area contributed by atoms with E-state index in [0.717, 1.165) is 31.2 Å². The lowest BCUT2D eigenvalue weighted by molar-refractivity contribution is 0.504. The number of aryl methyl sites for hydroxylation is 2. The Morgan fingerprint density at radius 2 is 2.20 bits per heavy atom. The molecule has 1 aliphatic heterocycles. The third kappa shape index (κ3) is 2.94. The lowest BCUT2D eigenvalue weighted by atomic mass is 10.2. The van der Waals surface area contributed by atoms with Crippen LogP contribution in [-0.2, 0) is 19.5 Å². The van der Waals surface area contributed by atoms with Gasteiger partial charge in [0, 0.05) is 29.3 Å². The molecule has 1 aliphatic rings. The van der Waals surface area contributed by atoms with E-state index in [-0.39, 0.29) is 6.04 Å². The van der Waals surface area contributed by atoms with Crippen molar-refractivity contribution in [2.24, 2.45) is 0 Å². The van der Waals surface area contributed by atoms with Crippen LogP contribution in [0, 0.1) is 6.92 Å². The first-order chi connectivity index (χ1) is 9.74. The highest BCUT2D eigenvalue weighted by Crippen LogP contribution is 2.20. The van der Waals surface area contributed by atoms with Gasteiger partial charge in [-0.05, 0) is 38.8 Å². The van der Waals surface area contributed by atoms with Gasteiger partial charge in [0.2, 0.25) is 0 Å². The maximum atomic E-state index is 4.41. The van der Waals surface area contributed by atoms with E-state index in [2.05, 4.69) is 46.1 Å². The highest BCUT2D eigenvalue weighted by molar-refractivity contribution is 7.11. The van der Waals surface area contributed by atoms with Crippen molar-refractivity contribution >= 4 is 11.3 Å². The van der Waals surface area contributed by atoms with Gasteiger partial charge < -0.3 is 9.88 Å². The largest absolute Gasteiger partial charge is 0.314 e. The Balaban J connectivity index is 1.68. The van der Waals surface area contributed by atoms with Gasteiger partial charge in [-0.2, -0.15) is 0 Å². The standard InChI is InChI=1S/C15H22N4S/c1-11-7-8-13(20-11)10-16-12(2)15-18-17-14-6-4-3-5-9-19(14)15/h7-8,12,16H,3-6,9-10H2,1-2H3. The van der Waals surface area contributed by atoms with E-state index in [4.69, 9.17) is 0 Å². The summed E-state index contributed by atoms with van der Waals surface area (Å²) < 4.78 is 2.32. The second-order valence-electron chi connectivity index (χ2n) is 5.55. The number of fused-ring (bicyclic) bond motifs is 1. The molecule has 0 radical (unpaired) electrons. The number of thiophene rings is 1. The summed E-state index contributed by atoms with van der Waals surface area (Å²) in [5, 5.41) is 12.4. The van der Waals surface area contributed by atoms with Crippen LogP contribution >= 0.6 is 11.3 Å². The predicted octanol–water partition coefficient (Wildman–Crippen LogP) is 3.23. The zero-order valence-electron chi connectivity index (χ0n) is 12.2. The SMILES string of the molecule is Cc1ccc(CNC(C)c2nnc3n2CCCCC3)s1. The molecule has 2 aromatic heterocycles. The smallest absolute Gasteiger partial charge is 0.149 e. The molecule has 3 rings (SSSR count). The van der Waals surface area contributed by atoms with Gasteiger partial charge in [-0.1, -0.05) is 6.42 Å². The average molecular weight is 290 g/mol. The van der Waals surface area contributed by atoms with Crippen LogP contribution in [0.3, 0.4) is 0 Å². The van der Waals surface area contributed by atoms with Gasteiger partial charge in [0.15, 0.2) is 0 Å². The molecule has 5 heteroatoms. The van der Waals surface area contributed by atoms with E-state index in [0.29, 0.717) is 0 Å². The maximum Gasteiger partial charge on any atom is 0.149 e. The molecule has 1 atom stereocenters. The van der Waals surface area contributed by atoms with E-state index < -0.39 is 0 Å². The fourth-order valence-electron chi connectivity index (χ4n) is 2.75. The van der Waals surface area contributed by atoms with Gasteiger partial charge in [-0.25, -0.2) is 0 Å². The zero-order chi connectivity index (χ0) is 13.9. The quantitative estimate of drug-likeness (QED) is 0.940. The van der Waals surface area contributed by atoms with Gasteiger partial charge in [0.25, 0.3) is 0 Å². The number of hydrogen-bond donors (Lipinski definition) is 1. The second kappa shape index (κ2) is 6.06. The first-order valence-corrected chi connectivity index (χ1v) is 8.26. The lowest BCUT2D eigenvalue weighted by Gasteiger charge is -2.14. The van der Waals surface area contributed by atoms with Crippen LogP contribution in [0.25, 0.3) is 0 Å². The van der Waals surface area contributed by atoms with Crippen molar-refractivity contribution in [2.45, 2.75) is 58.7 Å². The number of rotatable bonds is 4. The maximum absolute atomic E-state index is 4.41. The number of hydrogen-bond acceptors (Lipinski definition) is 4. The van der Waals surface area contributed by atoms with Gasteiger partial charge in [-0.3, -0.25) is 0 Å². The van der Waals surface area contributed by atoms with Crippen LogP contribution < -0.4 is 5.32 Å². The Kier molecular flexibility index (Phi) is 4.17.